The van der Waals surface area contributed by atoms with Crippen LogP contribution in [0.15, 0.2) is 23.2 Å². The zero-order valence-electron chi connectivity index (χ0n) is 12.2. The lowest BCUT2D eigenvalue weighted by atomic mass is 10.1. The fourth-order valence-corrected chi connectivity index (χ4v) is 2.06. The van der Waals surface area contributed by atoms with Crippen LogP contribution in [0.5, 0.6) is 5.75 Å². The number of amides is 2. The van der Waals surface area contributed by atoms with E-state index in [9.17, 15) is 9.59 Å². The Bertz CT molecular complexity index is 611. The third-order valence-electron chi connectivity index (χ3n) is 3.04. The van der Waals surface area contributed by atoms with Crippen molar-refractivity contribution in [3.05, 3.63) is 23.8 Å². The molecule has 0 bridgehead atoms. The molecule has 8 heteroatoms. The molecule has 0 radical (unpaired) electrons. The Hall–Kier alpha value is -2.61. The summed E-state index contributed by atoms with van der Waals surface area (Å²) < 4.78 is 10.6. The molecule has 0 unspecified atom stereocenters. The van der Waals surface area contributed by atoms with E-state index in [0.29, 0.717) is 31.2 Å². The lowest BCUT2D eigenvalue weighted by molar-refractivity contribution is -0.121. The van der Waals surface area contributed by atoms with Gasteiger partial charge in [-0.25, -0.2) is 0 Å². The van der Waals surface area contributed by atoms with Crippen molar-refractivity contribution >= 4 is 23.5 Å². The number of hydrogen-bond donors (Lipinski definition) is 2. The van der Waals surface area contributed by atoms with Crippen LogP contribution in [-0.4, -0.2) is 44.1 Å². The average Bonchev–Trinajstić information content (AvgIpc) is 2.48. The van der Waals surface area contributed by atoms with Crippen LogP contribution in [0, 0.1) is 0 Å². The fraction of sp³-hybridized carbons (Fsp3) is 0.357. The van der Waals surface area contributed by atoms with Gasteiger partial charge < -0.3 is 25.8 Å². The number of anilines is 1. The molecular formula is C14H18N4O4. The Labute approximate surface area is 127 Å². The highest BCUT2D eigenvalue weighted by molar-refractivity contribution is 6.04. The van der Waals surface area contributed by atoms with Crippen molar-refractivity contribution in [1.29, 1.82) is 0 Å². The highest BCUT2D eigenvalue weighted by Crippen LogP contribution is 2.33. The number of guanidine groups is 1. The second-order valence-electron chi connectivity index (χ2n) is 4.56. The summed E-state index contributed by atoms with van der Waals surface area (Å²) in [6.45, 7) is 3.23. The second kappa shape index (κ2) is 6.90. The van der Waals surface area contributed by atoms with Crippen LogP contribution in [-0.2, 0) is 9.53 Å². The molecule has 8 nitrogen and oxygen atoms in total. The number of carbonyl (C=O) groups is 2. The monoisotopic (exact) mass is 306 g/mol. The minimum atomic E-state index is -0.566. The number of aliphatic imine (C=N–C) groups is 1. The summed E-state index contributed by atoms with van der Waals surface area (Å²) in [5, 5.41) is 0. The molecule has 118 valence electrons. The van der Waals surface area contributed by atoms with Gasteiger partial charge in [0, 0.05) is 18.7 Å². The number of carbonyl (C=O) groups excluding carboxylic acids is 2. The van der Waals surface area contributed by atoms with Gasteiger partial charge in [0.05, 0.1) is 12.3 Å². The summed E-state index contributed by atoms with van der Waals surface area (Å²) in [7, 11) is 0. The number of nitrogens with zero attached hydrogens (tertiary/aromatic N) is 2. The average molecular weight is 306 g/mol. The van der Waals surface area contributed by atoms with Gasteiger partial charge in [-0.3, -0.25) is 9.59 Å². The van der Waals surface area contributed by atoms with Gasteiger partial charge in [0.15, 0.2) is 12.6 Å². The van der Waals surface area contributed by atoms with E-state index < -0.39 is 5.91 Å². The van der Waals surface area contributed by atoms with Crippen molar-refractivity contribution in [2.24, 2.45) is 16.5 Å². The maximum absolute atomic E-state index is 11.9. The van der Waals surface area contributed by atoms with Crippen LogP contribution in [0.25, 0.3) is 0 Å². The summed E-state index contributed by atoms with van der Waals surface area (Å²) in [5.74, 6) is -0.593. The van der Waals surface area contributed by atoms with E-state index in [2.05, 4.69) is 4.99 Å². The highest BCUT2D eigenvalue weighted by atomic mass is 16.5. The van der Waals surface area contributed by atoms with Gasteiger partial charge in [-0.2, -0.15) is 4.99 Å². The summed E-state index contributed by atoms with van der Waals surface area (Å²) in [5.41, 5.74) is 11.2. The molecule has 1 aromatic rings. The van der Waals surface area contributed by atoms with Crippen molar-refractivity contribution in [2.75, 3.05) is 31.3 Å². The van der Waals surface area contributed by atoms with Crippen LogP contribution >= 0.6 is 0 Å². The van der Waals surface area contributed by atoms with Crippen molar-refractivity contribution < 1.29 is 19.1 Å². The van der Waals surface area contributed by atoms with Crippen LogP contribution in [0.3, 0.4) is 0 Å². The number of hydrogen-bond acceptors (Lipinski definition) is 4. The Morgan fingerprint density at radius 1 is 1.45 bits per heavy atom. The third kappa shape index (κ3) is 3.53. The molecule has 1 heterocycles. The molecular weight excluding hydrogens is 288 g/mol. The maximum Gasteiger partial charge on any atom is 0.280 e. The first-order chi connectivity index (χ1) is 10.5. The molecule has 1 aromatic carbocycles. The van der Waals surface area contributed by atoms with Gasteiger partial charge in [0.1, 0.15) is 5.75 Å². The fourth-order valence-electron chi connectivity index (χ4n) is 2.06. The maximum atomic E-state index is 11.9. The Kier molecular flexibility index (Phi) is 4.95. The standard InChI is InChI=1S/C14H18N4O4/c1-2-21-6-5-18-10-4-3-9(13(20)17-14(15)16)7-11(10)22-8-12(18)19/h3-4,7H,2,5-6,8H2,1H3,(H4,15,16,17,20). The number of fused-ring (bicyclic) bond motifs is 1. The summed E-state index contributed by atoms with van der Waals surface area (Å²) in [6.07, 6.45) is 0. The molecule has 2 amide bonds. The number of benzene rings is 1. The van der Waals surface area contributed by atoms with Crippen molar-refractivity contribution in [3.63, 3.8) is 0 Å². The van der Waals surface area contributed by atoms with E-state index in [1.165, 1.54) is 6.07 Å². The van der Waals surface area contributed by atoms with E-state index in [1.807, 2.05) is 6.92 Å². The zero-order chi connectivity index (χ0) is 16.1. The van der Waals surface area contributed by atoms with Crippen molar-refractivity contribution in [2.45, 2.75) is 6.92 Å². The molecule has 1 aliphatic rings. The normalized spacial score (nSPS) is 13.3. The van der Waals surface area contributed by atoms with Crippen LogP contribution in [0.2, 0.25) is 0 Å². The van der Waals surface area contributed by atoms with Gasteiger partial charge in [0.25, 0.3) is 11.8 Å². The molecule has 0 aromatic heterocycles. The Balaban J connectivity index is 2.24. The van der Waals surface area contributed by atoms with E-state index >= 15 is 0 Å². The molecule has 0 atom stereocenters. The van der Waals surface area contributed by atoms with Crippen LogP contribution in [0.4, 0.5) is 5.69 Å². The first-order valence-corrected chi connectivity index (χ1v) is 6.82. The molecule has 4 N–H and O–H groups in total. The number of ether oxygens (including phenoxy) is 2. The zero-order valence-corrected chi connectivity index (χ0v) is 12.2. The minimum Gasteiger partial charge on any atom is -0.482 e. The smallest absolute Gasteiger partial charge is 0.280 e. The molecule has 0 saturated heterocycles. The minimum absolute atomic E-state index is 0.0843. The van der Waals surface area contributed by atoms with Gasteiger partial charge in [-0.15, -0.1) is 0 Å². The summed E-state index contributed by atoms with van der Waals surface area (Å²) in [4.78, 5) is 28.8. The summed E-state index contributed by atoms with van der Waals surface area (Å²) in [6, 6.07) is 4.70. The molecule has 0 aliphatic carbocycles. The van der Waals surface area contributed by atoms with Crippen molar-refractivity contribution in [1.82, 2.24) is 0 Å². The van der Waals surface area contributed by atoms with E-state index in [0.717, 1.165) is 0 Å². The van der Waals surface area contributed by atoms with Crippen molar-refractivity contribution in [3.8, 4) is 5.75 Å². The SMILES string of the molecule is CCOCCN1C(=O)COc2cc(C(=O)N=C(N)N)ccc21. The molecule has 1 aliphatic heterocycles. The van der Waals surface area contributed by atoms with Gasteiger partial charge in [-0.1, -0.05) is 0 Å². The Morgan fingerprint density at radius 2 is 2.23 bits per heavy atom. The van der Waals surface area contributed by atoms with E-state index in [1.54, 1.807) is 17.0 Å². The van der Waals surface area contributed by atoms with Gasteiger partial charge in [-0.05, 0) is 25.1 Å². The van der Waals surface area contributed by atoms with E-state index in [-0.39, 0.29) is 24.0 Å². The van der Waals surface area contributed by atoms with Crippen LogP contribution in [0.1, 0.15) is 17.3 Å². The third-order valence-corrected chi connectivity index (χ3v) is 3.04. The van der Waals surface area contributed by atoms with E-state index in [4.69, 9.17) is 20.9 Å². The predicted molar refractivity (Wildman–Crippen MR) is 80.9 cm³/mol. The van der Waals surface area contributed by atoms with Gasteiger partial charge >= 0.3 is 0 Å². The second-order valence-corrected chi connectivity index (χ2v) is 4.56. The summed E-state index contributed by atoms with van der Waals surface area (Å²) >= 11 is 0. The number of rotatable bonds is 5. The molecule has 22 heavy (non-hydrogen) atoms. The van der Waals surface area contributed by atoms with Gasteiger partial charge in [0.2, 0.25) is 0 Å². The molecule has 2 rings (SSSR count). The molecule has 0 saturated carbocycles. The number of nitrogens with two attached hydrogens (primary N) is 2. The predicted octanol–water partition coefficient (Wildman–Crippen LogP) is -0.138. The quantitative estimate of drug-likeness (QED) is 0.444. The first kappa shape index (κ1) is 15.8. The Morgan fingerprint density at radius 3 is 2.91 bits per heavy atom. The highest BCUT2D eigenvalue weighted by Gasteiger charge is 2.26. The molecule has 0 spiro atoms. The van der Waals surface area contributed by atoms with Crippen LogP contribution < -0.4 is 21.1 Å². The topological polar surface area (TPSA) is 120 Å². The lowest BCUT2D eigenvalue weighted by Crippen LogP contribution is -2.40. The lowest BCUT2D eigenvalue weighted by Gasteiger charge is -2.29. The largest absolute Gasteiger partial charge is 0.482 e. The first-order valence-electron chi connectivity index (χ1n) is 6.82. The molecule has 0 fully saturated rings.